The molecule has 2 N–H and O–H groups in total. The molecular formula is C21H33F2N5O. The van der Waals surface area contributed by atoms with Gasteiger partial charge in [0.25, 0.3) is 0 Å². The van der Waals surface area contributed by atoms with Crippen molar-refractivity contribution in [3.8, 4) is 0 Å². The molecular weight excluding hydrogens is 376 g/mol. The molecule has 0 aromatic heterocycles. The lowest BCUT2D eigenvalue weighted by atomic mass is 9.89. The SMILES string of the molecule is CCNC(=NCC1(N(C)C)CCOCC1)NC1CCN(c2ccc(F)cc2F)C1. The molecule has 2 heterocycles. The number of ether oxygens (including phenoxy) is 1. The number of anilines is 1. The van der Waals surface area contributed by atoms with Crippen LogP contribution in [0.5, 0.6) is 0 Å². The molecule has 2 fully saturated rings. The molecule has 0 amide bonds. The average molecular weight is 410 g/mol. The Morgan fingerprint density at radius 2 is 2.07 bits per heavy atom. The molecule has 29 heavy (non-hydrogen) atoms. The topological polar surface area (TPSA) is 52.1 Å². The normalized spacial score (nSPS) is 22.2. The summed E-state index contributed by atoms with van der Waals surface area (Å²) in [6, 6.07) is 3.91. The molecule has 0 spiro atoms. The lowest BCUT2D eigenvalue weighted by Gasteiger charge is -2.41. The van der Waals surface area contributed by atoms with Crippen LogP contribution in [0.25, 0.3) is 0 Å². The smallest absolute Gasteiger partial charge is 0.191 e. The first-order chi connectivity index (χ1) is 13.9. The summed E-state index contributed by atoms with van der Waals surface area (Å²) in [7, 11) is 4.21. The Kier molecular flexibility index (Phi) is 7.29. The van der Waals surface area contributed by atoms with Crippen LogP contribution in [-0.2, 0) is 4.74 Å². The van der Waals surface area contributed by atoms with Crippen molar-refractivity contribution in [2.24, 2.45) is 4.99 Å². The first-order valence-electron chi connectivity index (χ1n) is 10.4. The minimum atomic E-state index is -0.551. The van der Waals surface area contributed by atoms with E-state index in [1.54, 1.807) is 0 Å². The highest BCUT2D eigenvalue weighted by molar-refractivity contribution is 5.80. The number of guanidine groups is 1. The van der Waals surface area contributed by atoms with Gasteiger partial charge in [0.2, 0.25) is 0 Å². The molecule has 1 unspecified atom stereocenters. The zero-order valence-corrected chi connectivity index (χ0v) is 17.7. The van der Waals surface area contributed by atoms with Crippen molar-refractivity contribution >= 4 is 11.6 Å². The molecule has 1 aromatic rings. The van der Waals surface area contributed by atoms with Gasteiger partial charge in [0.05, 0.1) is 12.2 Å². The van der Waals surface area contributed by atoms with E-state index in [1.165, 1.54) is 12.1 Å². The fraction of sp³-hybridized carbons (Fsp3) is 0.667. The standard InChI is InChI=1S/C21H33F2N5O/c1-4-24-20(25-15-21(27(2)3)8-11-29-12-9-21)26-17-7-10-28(14-17)19-6-5-16(22)13-18(19)23/h5-6,13,17H,4,7-12,14-15H2,1-3H3,(H2,24,25,26). The van der Waals surface area contributed by atoms with Gasteiger partial charge in [-0.25, -0.2) is 8.78 Å². The lowest BCUT2D eigenvalue weighted by molar-refractivity contribution is -0.00255. The van der Waals surface area contributed by atoms with Gasteiger partial charge < -0.3 is 25.2 Å². The summed E-state index contributed by atoms with van der Waals surface area (Å²) in [4.78, 5) is 9.09. The van der Waals surface area contributed by atoms with Crippen LogP contribution in [0, 0.1) is 11.6 Å². The van der Waals surface area contributed by atoms with Gasteiger partial charge in [-0.2, -0.15) is 0 Å². The Morgan fingerprint density at radius 1 is 1.31 bits per heavy atom. The van der Waals surface area contributed by atoms with E-state index >= 15 is 0 Å². The molecule has 0 radical (unpaired) electrons. The summed E-state index contributed by atoms with van der Waals surface area (Å²) in [5, 5.41) is 6.82. The third kappa shape index (κ3) is 5.36. The minimum Gasteiger partial charge on any atom is -0.381 e. The lowest BCUT2D eigenvalue weighted by Crippen LogP contribution is -2.52. The predicted molar refractivity (Wildman–Crippen MR) is 113 cm³/mol. The van der Waals surface area contributed by atoms with Crippen LogP contribution in [0.1, 0.15) is 26.2 Å². The van der Waals surface area contributed by atoms with Gasteiger partial charge in [0, 0.05) is 50.5 Å². The molecule has 2 aliphatic heterocycles. The quantitative estimate of drug-likeness (QED) is 0.557. The van der Waals surface area contributed by atoms with Crippen LogP contribution in [0.4, 0.5) is 14.5 Å². The number of aliphatic imine (C=N–C) groups is 1. The highest BCUT2D eigenvalue weighted by atomic mass is 19.1. The predicted octanol–water partition coefficient (Wildman–Crippen LogP) is 2.21. The van der Waals surface area contributed by atoms with E-state index in [0.29, 0.717) is 18.8 Å². The third-order valence-electron chi connectivity index (χ3n) is 6.03. The van der Waals surface area contributed by atoms with Gasteiger partial charge in [-0.1, -0.05) is 0 Å². The molecule has 0 bridgehead atoms. The van der Waals surface area contributed by atoms with Crippen molar-refractivity contribution in [1.29, 1.82) is 0 Å². The third-order valence-corrected chi connectivity index (χ3v) is 6.03. The second-order valence-electron chi connectivity index (χ2n) is 8.10. The minimum absolute atomic E-state index is 0.0134. The van der Waals surface area contributed by atoms with Crippen molar-refractivity contribution in [2.75, 3.05) is 58.4 Å². The first-order valence-corrected chi connectivity index (χ1v) is 10.4. The number of likely N-dealkylation sites (N-methyl/N-ethyl adjacent to an activating group) is 1. The summed E-state index contributed by atoms with van der Waals surface area (Å²) in [5.74, 6) is -0.282. The van der Waals surface area contributed by atoms with Gasteiger partial charge in [-0.3, -0.25) is 4.99 Å². The fourth-order valence-electron chi connectivity index (χ4n) is 4.07. The molecule has 1 aromatic carbocycles. The number of nitrogens with zero attached hydrogens (tertiary/aromatic N) is 3. The van der Waals surface area contributed by atoms with E-state index < -0.39 is 11.6 Å². The van der Waals surface area contributed by atoms with Crippen molar-refractivity contribution in [3.05, 3.63) is 29.8 Å². The van der Waals surface area contributed by atoms with Crippen LogP contribution < -0.4 is 15.5 Å². The zero-order chi connectivity index (χ0) is 20.9. The summed E-state index contributed by atoms with van der Waals surface area (Å²) in [6.07, 6.45) is 2.79. The van der Waals surface area contributed by atoms with Crippen LogP contribution in [0.2, 0.25) is 0 Å². The maximum atomic E-state index is 14.1. The van der Waals surface area contributed by atoms with Gasteiger partial charge >= 0.3 is 0 Å². The second kappa shape index (κ2) is 9.71. The highest BCUT2D eigenvalue weighted by Gasteiger charge is 2.35. The number of nitrogens with one attached hydrogen (secondary N) is 2. The maximum absolute atomic E-state index is 14.1. The van der Waals surface area contributed by atoms with Crippen molar-refractivity contribution in [3.63, 3.8) is 0 Å². The Morgan fingerprint density at radius 3 is 2.72 bits per heavy atom. The Hall–Kier alpha value is -1.93. The van der Waals surface area contributed by atoms with Gasteiger partial charge in [0.1, 0.15) is 11.6 Å². The highest BCUT2D eigenvalue weighted by Crippen LogP contribution is 2.27. The number of hydrogen-bond donors (Lipinski definition) is 2. The monoisotopic (exact) mass is 409 g/mol. The average Bonchev–Trinajstić information content (AvgIpc) is 3.15. The molecule has 2 aliphatic rings. The van der Waals surface area contributed by atoms with Crippen LogP contribution in [0.3, 0.4) is 0 Å². The van der Waals surface area contributed by atoms with Gasteiger partial charge in [0.15, 0.2) is 5.96 Å². The maximum Gasteiger partial charge on any atom is 0.191 e. The van der Waals surface area contributed by atoms with Crippen molar-refractivity contribution in [2.45, 2.75) is 37.8 Å². The first kappa shape index (κ1) is 21.8. The number of hydrogen-bond acceptors (Lipinski definition) is 4. The molecule has 0 aliphatic carbocycles. The van der Waals surface area contributed by atoms with Crippen LogP contribution >= 0.6 is 0 Å². The number of halogens is 2. The molecule has 1 atom stereocenters. The Balaban J connectivity index is 1.63. The summed E-state index contributed by atoms with van der Waals surface area (Å²) in [5.41, 5.74) is 0.464. The summed E-state index contributed by atoms with van der Waals surface area (Å²) < 4.78 is 32.8. The summed E-state index contributed by atoms with van der Waals surface area (Å²) in [6.45, 7) is 6.41. The van der Waals surface area contributed by atoms with E-state index in [4.69, 9.17) is 9.73 Å². The van der Waals surface area contributed by atoms with Gasteiger partial charge in [-0.05, 0) is 52.4 Å². The van der Waals surface area contributed by atoms with Crippen molar-refractivity contribution in [1.82, 2.24) is 15.5 Å². The number of benzene rings is 1. The zero-order valence-electron chi connectivity index (χ0n) is 17.7. The van der Waals surface area contributed by atoms with E-state index in [2.05, 4.69) is 29.6 Å². The Bertz CT molecular complexity index is 706. The van der Waals surface area contributed by atoms with Crippen LogP contribution in [-0.4, -0.2) is 75.9 Å². The van der Waals surface area contributed by atoms with E-state index in [9.17, 15) is 8.78 Å². The van der Waals surface area contributed by atoms with Crippen molar-refractivity contribution < 1.29 is 13.5 Å². The molecule has 6 nitrogen and oxygen atoms in total. The van der Waals surface area contributed by atoms with E-state index in [-0.39, 0.29) is 11.6 Å². The molecule has 0 saturated carbocycles. The van der Waals surface area contributed by atoms with E-state index in [0.717, 1.165) is 57.6 Å². The Labute approximate surface area is 172 Å². The summed E-state index contributed by atoms with van der Waals surface area (Å²) >= 11 is 0. The molecule has 2 saturated heterocycles. The van der Waals surface area contributed by atoms with E-state index in [1.807, 2.05) is 11.8 Å². The van der Waals surface area contributed by atoms with Crippen LogP contribution in [0.15, 0.2) is 23.2 Å². The second-order valence-corrected chi connectivity index (χ2v) is 8.10. The number of rotatable bonds is 6. The van der Waals surface area contributed by atoms with Gasteiger partial charge in [-0.15, -0.1) is 0 Å². The molecule has 3 rings (SSSR count). The molecule has 8 heteroatoms. The fourth-order valence-corrected chi connectivity index (χ4v) is 4.07. The largest absolute Gasteiger partial charge is 0.381 e. The molecule has 162 valence electrons.